The van der Waals surface area contributed by atoms with Gasteiger partial charge in [0.1, 0.15) is 0 Å². The van der Waals surface area contributed by atoms with E-state index in [0.29, 0.717) is 25.1 Å². The number of rotatable bonds is 5. The summed E-state index contributed by atoms with van der Waals surface area (Å²) < 4.78 is 18.6. The summed E-state index contributed by atoms with van der Waals surface area (Å²) >= 11 is 0. The van der Waals surface area contributed by atoms with E-state index in [0.717, 1.165) is 0 Å². The van der Waals surface area contributed by atoms with Crippen molar-refractivity contribution in [3.8, 4) is 5.75 Å². The number of benzene rings is 2. The molecule has 0 aromatic heterocycles. The molecule has 158 valence electrons. The highest BCUT2D eigenvalue weighted by Gasteiger charge is 2.28. The minimum atomic E-state index is -0.624. The first-order valence-corrected chi connectivity index (χ1v) is 9.60. The molecule has 1 aliphatic rings. The van der Waals surface area contributed by atoms with E-state index >= 15 is 0 Å². The number of hydrogen-bond acceptors (Lipinski definition) is 4. The number of hydrogen-bond donors (Lipinski definition) is 3. The molecule has 30 heavy (non-hydrogen) atoms. The fourth-order valence-electron chi connectivity index (χ4n) is 3.07. The third kappa shape index (κ3) is 5.94. The fraction of sp³-hybridized carbons (Fsp3) is 0.286. The van der Waals surface area contributed by atoms with Gasteiger partial charge in [-0.2, -0.15) is 0 Å². The van der Waals surface area contributed by atoms with E-state index in [1.807, 2.05) is 18.2 Å². The normalized spacial score (nSPS) is 15.8. The average Bonchev–Trinajstić information content (AvgIpc) is 2.77. The number of para-hydroxylation sites is 2. The van der Waals surface area contributed by atoms with Gasteiger partial charge in [0.05, 0.1) is 5.92 Å². The van der Waals surface area contributed by atoms with Crippen molar-refractivity contribution in [2.45, 2.75) is 12.8 Å². The van der Waals surface area contributed by atoms with Crippen molar-refractivity contribution in [2.75, 3.05) is 25.0 Å². The minimum absolute atomic E-state index is 0.0497. The Bertz CT molecular complexity index is 894. The maximum Gasteiger partial charge on any atom is 0.321 e. The molecule has 1 heterocycles. The summed E-state index contributed by atoms with van der Waals surface area (Å²) in [4.78, 5) is 38.2. The van der Waals surface area contributed by atoms with Crippen LogP contribution in [0, 0.1) is 11.7 Å². The van der Waals surface area contributed by atoms with E-state index < -0.39 is 30.2 Å². The zero-order valence-electron chi connectivity index (χ0n) is 16.3. The number of nitrogens with zero attached hydrogens (tertiary/aromatic N) is 1. The van der Waals surface area contributed by atoms with Gasteiger partial charge < -0.3 is 15.0 Å². The first-order chi connectivity index (χ1) is 14.5. The average molecular weight is 414 g/mol. The molecular weight excluding hydrogens is 391 g/mol. The number of carbonyl (C=O) groups is 3. The van der Waals surface area contributed by atoms with Crippen LogP contribution in [-0.4, -0.2) is 42.4 Å². The van der Waals surface area contributed by atoms with Gasteiger partial charge in [-0.1, -0.05) is 30.3 Å². The number of urea groups is 1. The zero-order valence-corrected chi connectivity index (χ0v) is 16.3. The number of anilines is 1. The SMILES string of the molecule is O=C(COc1ccccc1F)NNC(=O)[C@@H]1CCCN(C(=O)Nc2ccccc2)C1. The topological polar surface area (TPSA) is 99.8 Å². The Balaban J connectivity index is 1.43. The molecule has 2 aromatic carbocycles. The molecule has 2 aromatic rings. The molecule has 1 fully saturated rings. The number of piperidine rings is 1. The number of hydrazine groups is 1. The Labute approximate surface area is 173 Å². The summed E-state index contributed by atoms with van der Waals surface area (Å²) in [6.45, 7) is 0.342. The lowest BCUT2D eigenvalue weighted by Crippen LogP contribution is -2.51. The van der Waals surface area contributed by atoms with Crippen LogP contribution >= 0.6 is 0 Å². The number of ether oxygens (including phenoxy) is 1. The molecule has 0 radical (unpaired) electrons. The van der Waals surface area contributed by atoms with Gasteiger partial charge in [0, 0.05) is 18.8 Å². The first kappa shape index (κ1) is 21.1. The van der Waals surface area contributed by atoms with Crippen LogP contribution in [0.4, 0.5) is 14.9 Å². The molecule has 1 saturated heterocycles. The smallest absolute Gasteiger partial charge is 0.321 e. The summed E-state index contributed by atoms with van der Waals surface area (Å²) in [6, 6.07) is 14.5. The highest BCUT2D eigenvalue weighted by Crippen LogP contribution is 2.18. The first-order valence-electron chi connectivity index (χ1n) is 9.60. The second-order valence-corrected chi connectivity index (χ2v) is 6.84. The summed E-state index contributed by atoms with van der Waals surface area (Å²) in [5.74, 6) is -2.10. The molecule has 0 aliphatic carbocycles. The molecule has 0 saturated carbocycles. The highest BCUT2D eigenvalue weighted by atomic mass is 19.1. The highest BCUT2D eigenvalue weighted by molar-refractivity contribution is 5.90. The molecule has 4 amide bonds. The third-order valence-electron chi connectivity index (χ3n) is 4.62. The molecular formula is C21H23FN4O4. The largest absolute Gasteiger partial charge is 0.481 e. The van der Waals surface area contributed by atoms with Gasteiger partial charge >= 0.3 is 6.03 Å². The van der Waals surface area contributed by atoms with Crippen molar-refractivity contribution < 1.29 is 23.5 Å². The molecule has 9 heteroatoms. The van der Waals surface area contributed by atoms with Crippen molar-refractivity contribution in [3.63, 3.8) is 0 Å². The van der Waals surface area contributed by atoms with Crippen LogP contribution in [0.15, 0.2) is 54.6 Å². The van der Waals surface area contributed by atoms with Crippen LogP contribution in [0.5, 0.6) is 5.75 Å². The summed E-state index contributed by atoms with van der Waals surface area (Å²) in [5.41, 5.74) is 5.27. The molecule has 3 N–H and O–H groups in total. The van der Waals surface area contributed by atoms with Gasteiger partial charge in [-0.25, -0.2) is 9.18 Å². The van der Waals surface area contributed by atoms with E-state index in [9.17, 15) is 18.8 Å². The quantitative estimate of drug-likeness (QED) is 0.654. The third-order valence-corrected chi connectivity index (χ3v) is 4.62. The second kappa shape index (κ2) is 10.2. The lowest BCUT2D eigenvalue weighted by Gasteiger charge is -2.32. The Morgan fingerprint density at radius 1 is 1.03 bits per heavy atom. The Hall–Kier alpha value is -3.62. The van der Waals surface area contributed by atoms with Gasteiger partial charge in [-0.3, -0.25) is 20.4 Å². The number of halogens is 1. The van der Waals surface area contributed by atoms with Crippen LogP contribution in [-0.2, 0) is 9.59 Å². The van der Waals surface area contributed by atoms with Crippen LogP contribution < -0.4 is 20.9 Å². The molecule has 3 rings (SSSR count). The lowest BCUT2D eigenvalue weighted by molar-refractivity contribution is -0.132. The summed E-state index contributed by atoms with van der Waals surface area (Å²) in [7, 11) is 0. The van der Waals surface area contributed by atoms with Gasteiger partial charge in [-0.15, -0.1) is 0 Å². The second-order valence-electron chi connectivity index (χ2n) is 6.84. The van der Waals surface area contributed by atoms with Crippen molar-refractivity contribution in [3.05, 3.63) is 60.4 Å². The Morgan fingerprint density at radius 3 is 2.53 bits per heavy atom. The van der Waals surface area contributed by atoms with E-state index in [4.69, 9.17) is 4.74 Å². The maximum atomic E-state index is 13.5. The number of nitrogens with one attached hydrogen (secondary N) is 3. The van der Waals surface area contributed by atoms with Crippen molar-refractivity contribution >= 4 is 23.5 Å². The lowest BCUT2D eigenvalue weighted by atomic mass is 9.98. The van der Waals surface area contributed by atoms with Crippen molar-refractivity contribution in [2.24, 2.45) is 5.92 Å². The summed E-state index contributed by atoms with van der Waals surface area (Å²) in [6.07, 6.45) is 1.27. The maximum absolute atomic E-state index is 13.5. The predicted molar refractivity (Wildman–Crippen MR) is 108 cm³/mol. The molecule has 1 atom stereocenters. The standard InChI is InChI=1S/C21H23FN4O4/c22-17-10-4-5-11-18(17)30-14-19(27)24-25-20(28)15-7-6-12-26(13-15)21(29)23-16-8-2-1-3-9-16/h1-5,8-11,15H,6-7,12-14H2,(H,23,29)(H,24,27)(H,25,28)/t15-/m1/s1. The van der Waals surface area contributed by atoms with Crippen LogP contribution in [0.3, 0.4) is 0 Å². The molecule has 0 unspecified atom stereocenters. The van der Waals surface area contributed by atoms with Crippen molar-refractivity contribution in [1.82, 2.24) is 15.8 Å². The molecule has 8 nitrogen and oxygen atoms in total. The minimum Gasteiger partial charge on any atom is -0.481 e. The monoisotopic (exact) mass is 414 g/mol. The Morgan fingerprint density at radius 2 is 1.77 bits per heavy atom. The number of likely N-dealkylation sites (tertiary alicyclic amines) is 1. The van der Waals surface area contributed by atoms with Gasteiger partial charge in [0.15, 0.2) is 18.2 Å². The molecule has 1 aliphatic heterocycles. The Kier molecular flexibility index (Phi) is 7.20. The van der Waals surface area contributed by atoms with E-state index in [2.05, 4.69) is 16.2 Å². The van der Waals surface area contributed by atoms with Crippen LogP contribution in [0.2, 0.25) is 0 Å². The van der Waals surface area contributed by atoms with Crippen molar-refractivity contribution in [1.29, 1.82) is 0 Å². The van der Waals surface area contributed by atoms with Gasteiger partial charge in [0.2, 0.25) is 5.91 Å². The van der Waals surface area contributed by atoms with E-state index in [-0.39, 0.29) is 18.3 Å². The fourth-order valence-corrected chi connectivity index (χ4v) is 3.07. The van der Waals surface area contributed by atoms with Crippen LogP contribution in [0.1, 0.15) is 12.8 Å². The van der Waals surface area contributed by atoms with E-state index in [1.54, 1.807) is 23.1 Å². The van der Waals surface area contributed by atoms with Gasteiger partial charge in [-0.05, 0) is 37.1 Å². The summed E-state index contributed by atoms with van der Waals surface area (Å²) in [5, 5.41) is 2.80. The van der Waals surface area contributed by atoms with Gasteiger partial charge in [0.25, 0.3) is 5.91 Å². The molecule has 0 bridgehead atoms. The predicted octanol–water partition coefficient (Wildman–Crippen LogP) is 2.30. The number of amides is 4. The van der Waals surface area contributed by atoms with Crippen LogP contribution in [0.25, 0.3) is 0 Å². The van der Waals surface area contributed by atoms with E-state index in [1.165, 1.54) is 18.2 Å². The zero-order chi connectivity index (χ0) is 21.3. The number of carbonyl (C=O) groups excluding carboxylic acids is 3. The molecule has 0 spiro atoms.